The standard InChI is InChI=1S/C29H60N10O6S/c1-4-5-6-7-9-14-23(20-25(40)34-15-10-8-11-17-36-28(30)31)39(46(43,44)45)21-26(41)38-24(19-22(2)3)27(42)35-16-12-13-18-37-29(32)33/h22-24H,4-21H2,1-3H3,(H,34,40)(H,35,42)(H,38,41)(H4,30,31,36)(H4,32,33,37)(H,43,44,45)/t23?,24-/m0/s1. The second-order valence-electron chi connectivity index (χ2n) is 11.9. The summed E-state index contributed by atoms with van der Waals surface area (Å²) in [6, 6.07) is -1.87. The van der Waals surface area contributed by atoms with E-state index in [1.165, 1.54) is 0 Å². The molecule has 268 valence electrons. The lowest BCUT2D eigenvalue weighted by atomic mass is 10.0. The van der Waals surface area contributed by atoms with E-state index in [1.807, 2.05) is 13.8 Å². The molecule has 0 radical (unpaired) electrons. The second kappa shape index (κ2) is 25.0. The minimum absolute atomic E-state index is 0.00523. The molecule has 46 heavy (non-hydrogen) atoms. The lowest BCUT2D eigenvalue weighted by Crippen LogP contribution is -2.52. The van der Waals surface area contributed by atoms with E-state index < -0.39 is 46.7 Å². The maximum Gasteiger partial charge on any atom is 0.336 e. The van der Waals surface area contributed by atoms with E-state index in [9.17, 15) is 27.4 Å². The molecule has 0 saturated carbocycles. The summed E-state index contributed by atoms with van der Waals surface area (Å²) in [5, 5.41) is 8.20. The van der Waals surface area contributed by atoms with Crippen molar-refractivity contribution in [2.75, 3.05) is 32.7 Å². The minimum Gasteiger partial charge on any atom is -0.370 e. The zero-order valence-electron chi connectivity index (χ0n) is 28.0. The molecule has 0 aromatic carbocycles. The Hall–Kier alpha value is -3.18. The summed E-state index contributed by atoms with van der Waals surface area (Å²) in [5.74, 6) is -1.50. The monoisotopic (exact) mass is 676 g/mol. The van der Waals surface area contributed by atoms with Gasteiger partial charge in [-0.15, -0.1) is 0 Å². The number of amides is 3. The summed E-state index contributed by atoms with van der Waals surface area (Å²) >= 11 is 0. The highest BCUT2D eigenvalue weighted by Crippen LogP contribution is 2.18. The molecule has 0 aliphatic carbocycles. The molecule has 12 N–H and O–H groups in total. The van der Waals surface area contributed by atoms with Crippen molar-refractivity contribution < 1.29 is 27.4 Å². The summed E-state index contributed by atoms with van der Waals surface area (Å²) in [5.41, 5.74) is 21.2. The number of hydrogen-bond donors (Lipinski definition) is 8. The van der Waals surface area contributed by atoms with Gasteiger partial charge in [-0.05, 0) is 50.9 Å². The molecular weight excluding hydrogens is 616 g/mol. The van der Waals surface area contributed by atoms with Gasteiger partial charge in [0.05, 0.1) is 6.54 Å². The molecule has 0 aliphatic heterocycles. The van der Waals surface area contributed by atoms with Crippen LogP contribution in [-0.4, -0.2) is 91.7 Å². The second-order valence-corrected chi connectivity index (χ2v) is 13.2. The Kier molecular flexibility index (Phi) is 23.2. The first-order valence-corrected chi connectivity index (χ1v) is 17.8. The number of carbonyl (C=O) groups excluding carboxylic acids is 3. The van der Waals surface area contributed by atoms with Gasteiger partial charge in [0.1, 0.15) is 6.04 Å². The van der Waals surface area contributed by atoms with Crippen LogP contribution in [-0.2, 0) is 24.7 Å². The summed E-state index contributed by atoms with van der Waals surface area (Å²) in [7, 11) is -4.87. The van der Waals surface area contributed by atoms with E-state index in [0.717, 1.165) is 38.5 Å². The quantitative estimate of drug-likeness (QED) is 0.0258. The summed E-state index contributed by atoms with van der Waals surface area (Å²) < 4.78 is 35.9. The number of unbranched alkanes of at least 4 members (excludes halogenated alkanes) is 7. The summed E-state index contributed by atoms with van der Waals surface area (Å²) in [6.07, 6.45) is 8.23. The van der Waals surface area contributed by atoms with Crippen LogP contribution in [0.5, 0.6) is 0 Å². The van der Waals surface area contributed by atoms with Crippen LogP contribution >= 0.6 is 0 Å². The molecule has 0 aliphatic rings. The Bertz CT molecular complexity index is 1050. The van der Waals surface area contributed by atoms with Gasteiger partial charge in [-0.2, -0.15) is 12.7 Å². The fraction of sp³-hybridized carbons (Fsp3) is 0.828. The van der Waals surface area contributed by atoms with Crippen LogP contribution in [0.1, 0.15) is 104 Å². The van der Waals surface area contributed by atoms with Gasteiger partial charge in [-0.1, -0.05) is 52.9 Å². The number of guanidine groups is 2. The van der Waals surface area contributed by atoms with Gasteiger partial charge in [-0.25, -0.2) is 0 Å². The molecule has 0 aromatic heterocycles. The van der Waals surface area contributed by atoms with Crippen LogP contribution in [0.3, 0.4) is 0 Å². The average molecular weight is 677 g/mol. The van der Waals surface area contributed by atoms with Crippen molar-refractivity contribution in [3.8, 4) is 0 Å². The highest BCUT2D eigenvalue weighted by molar-refractivity contribution is 7.83. The predicted octanol–water partition coefficient (Wildman–Crippen LogP) is 0.471. The maximum absolute atomic E-state index is 13.1. The molecule has 0 spiro atoms. The Morgan fingerprint density at radius 2 is 1.33 bits per heavy atom. The molecule has 0 bridgehead atoms. The van der Waals surface area contributed by atoms with Crippen LogP contribution < -0.4 is 38.9 Å². The Morgan fingerprint density at radius 1 is 0.783 bits per heavy atom. The molecule has 2 atom stereocenters. The number of nitrogens with zero attached hydrogens (tertiary/aromatic N) is 3. The number of nitrogens with two attached hydrogens (primary N) is 4. The number of nitrogens with one attached hydrogen (secondary N) is 3. The fourth-order valence-electron chi connectivity index (χ4n) is 4.73. The van der Waals surface area contributed by atoms with Crippen molar-refractivity contribution in [1.29, 1.82) is 0 Å². The predicted molar refractivity (Wildman–Crippen MR) is 182 cm³/mol. The first-order valence-electron chi connectivity index (χ1n) is 16.4. The zero-order chi connectivity index (χ0) is 35.0. The number of aliphatic imine (C=N–C) groups is 2. The van der Waals surface area contributed by atoms with Crippen molar-refractivity contribution in [3.05, 3.63) is 0 Å². The first-order chi connectivity index (χ1) is 21.7. The lowest BCUT2D eigenvalue weighted by Gasteiger charge is -2.29. The average Bonchev–Trinajstić information content (AvgIpc) is 2.95. The van der Waals surface area contributed by atoms with Gasteiger partial charge >= 0.3 is 10.3 Å². The van der Waals surface area contributed by atoms with Gasteiger partial charge in [-0.3, -0.25) is 28.9 Å². The lowest BCUT2D eigenvalue weighted by molar-refractivity contribution is -0.129. The third-order valence-corrected chi connectivity index (χ3v) is 8.07. The van der Waals surface area contributed by atoms with Crippen LogP contribution in [0.15, 0.2) is 9.98 Å². The largest absolute Gasteiger partial charge is 0.370 e. The molecule has 3 amide bonds. The topological polar surface area (TPSA) is 274 Å². The van der Waals surface area contributed by atoms with E-state index in [4.69, 9.17) is 22.9 Å². The first kappa shape index (κ1) is 42.8. The van der Waals surface area contributed by atoms with E-state index in [1.54, 1.807) is 0 Å². The molecule has 0 fully saturated rings. The van der Waals surface area contributed by atoms with Gasteiger partial charge in [0.25, 0.3) is 0 Å². The van der Waals surface area contributed by atoms with Crippen molar-refractivity contribution in [2.45, 2.75) is 116 Å². The molecule has 16 nitrogen and oxygen atoms in total. The molecule has 17 heteroatoms. The van der Waals surface area contributed by atoms with Gasteiger partial charge in [0.2, 0.25) is 17.7 Å². The van der Waals surface area contributed by atoms with E-state index in [-0.39, 0.29) is 30.7 Å². The Labute approximate surface area is 275 Å². The number of carbonyl (C=O) groups is 3. The minimum atomic E-state index is -4.87. The molecule has 0 rings (SSSR count). The van der Waals surface area contributed by atoms with E-state index in [2.05, 4.69) is 32.9 Å². The van der Waals surface area contributed by atoms with Crippen molar-refractivity contribution in [3.63, 3.8) is 0 Å². The fourth-order valence-corrected chi connectivity index (χ4v) is 5.57. The maximum atomic E-state index is 13.1. The third kappa shape index (κ3) is 23.2. The van der Waals surface area contributed by atoms with Crippen molar-refractivity contribution >= 4 is 39.9 Å². The number of hydrogen-bond acceptors (Lipinski definition) is 7. The highest BCUT2D eigenvalue weighted by atomic mass is 32.2. The molecule has 0 heterocycles. The molecule has 0 saturated heterocycles. The van der Waals surface area contributed by atoms with Crippen LogP contribution in [0.25, 0.3) is 0 Å². The van der Waals surface area contributed by atoms with Crippen LogP contribution in [0.4, 0.5) is 0 Å². The molecular formula is C29H60N10O6S. The Morgan fingerprint density at radius 3 is 1.89 bits per heavy atom. The van der Waals surface area contributed by atoms with Gasteiger partial charge in [0.15, 0.2) is 11.9 Å². The SMILES string of the molecule is CCCCCCCC(CC(=O)NCCCCCN=C(N)N)N(CC(=O)N[C@@H](CC(C)C)C(=O)NCCCCN=C(N)N)S(=O)(=O)O. The molecule has 0 aromatic rings. The van der Waals surface area contributed by atoms with Crippen LogP contribution in [0.2, 0.25) is 0 Å². The normalized spacial score (nSPS) is 12.7. The van der Waals surface area contributed by atoms with Crippen molar-refractivity contribution in [2.24, 2.45) is 38.8 Å². The van der Waals surface area contributed by atoms with E-state index >= 15 is 0 Å². The summed E-state index contributed by atoms with van der Waals surface area (Å²) in [4.78, 5) is 46.7. The van der Waals surface area contributed by atoms with Crippen molar-refractivity contribution in [1.82, 2.24) is 20.3 Å². The van der Waals surface area contributed by atoms with Crippen LogP contribution in [0, 0.1) is 5.92 Å². The van der Waals surface area contributed by atoms with E-state index in [0.29, 0.717) is 62.6 Å². The summed E-state index contributed by atoms with van der Waals surface area (Å²) in [6.45, 7) is 6.75. The Balaban J connectivity index is 5.45. The number of rotatable bonds is 27. The van der Waals surface area contributed by atoms with Gasteiger partial charge < -0.3 is 38.9 Å². The highest BCUT2D eigenvalue weighted by Gasteiger charge is 2.33. The smallest absolute Gasteiger partial charge is 0.336 e. The van der Waals surface area contributed by atoms with Gasteiger partial charge in [0, 0.05) is 38.6 Å². The molecule has 1 unspecified atom stereocenters. The zero-order valence-corrected chi connectivity index (χ0v) is 28.8. The third-order valence-electron chi connectivity index (χ3n) is 7.05.